The van der Waals surface area contributed by atoms with Gasteiger partial charge < -0.3 is 5.11 Å². The summed E-state index contributed by atoms with van der Waals surface area (Å²) in [4.78, 5) is 11.1. The lowest BCUT2D eigenvalue weighted by molar-refractivity contribution is 0.0695. The molecule has 82 valence electrons. The van der Waals surface area contributed by atoms with Crippen LogP contribution in [0.5, 0.6) is 0 Å². The molecule has 2 heteroatoms. The lowest BCUT2D eigenvalue weighted by Crippen LogP contribution is -2.06. The second-order valence-electron chi connectivity index (χ2n) is 4.35. The molecule has 0 spiro atoms. The van der Waals surface area contributed by atoms with E-state index in [4.69, 9.17) is 5.11 Å². The Hall–Kier alpha value is -1.31. The Morgan fingerprint density at radius 3 is 2.60 bits per heavy atom. The first-order valence-corrected chi connectivity index (χ1v) is 5.34. The molecule has 0 aromatic heterocycles. The minimum Gasteiger partial charge on any atom is -0.478 e. The van der Waals surface area contributed by atoms with E-state index in [1.807, 2.05) is 25.1 Å². The molecule has 0 radical (unpaired) electrons. The smallest absolute Gasteiger partial charge is 0.336 e. The maximum absolute atomic E-state index is 11.1. The van der Waals surface area contributed by atoms with Crippen molar-refractivity contribution < 1.29 is 9.90 Å². The minimum absolute atomic E-state index is 0.484. The van der Waals surface area contributed by atoms with E-state index in [0.29, 0.717) is 11.5 Å². The van der Waals surface area contributed by atoms with Gasteiger partial charge in [0.2, 0.25) is 0 Å². The minimum atomic E-state index is -0.813. The third-order valence-corrected chi connectivity index (χ3v) is 2.56. The Bertz CT molecular complexity index is 354. The normalized spacial score (nSPS) is 10.7. The first-order valence-electron chi connectivity index (χ1n) is 5.34. The molecule has 15 heavy (non-hydrogen) atoms. The quantitative estimate of drug-likeness (QED) is 0.820. The van der Waals surface area contributed by atoms with Crippen LogP contribution >= 0.6 is 0 Å². The Kier molecular flexibility index (Phi) is 3.89. The van der Waals surface area contributed by atoms with Gasteiger partial charge in [-0.2, -0.15) is 0 Å². The molecule has 0 fully saturated rings. The summed E-state index contributed by atoms with van der Waals surface area (Å²) in [5.41, 5.74) is 2.29. The van der Waals surface area contributed by atoms with Crippen LogP contribution in [0.4, 0.5) is 0 Å². The van der Waals surface area contributed by atoms with Gasteiger partial charge in [0.1, 0.15) is 0 Å². The zero-order chi connectivity index (χ0) is 11.4. The summed E-state index contributed by atoms with van der Waals surface area (Å²) in [6.45, 7) is 6.15. The van der Waals surface area contributed by atoms with Crippen molar-refractivity contribution in [2.24, 2.45) is 5.92 Å². The number of carboxylic acids is 1. The van der Waals surface area contributed by atoms with Gasteiger partial charge in [0.05, 0.1) is 5.56 Å². The first kappa shape index (κ1) is 11.8. The Morgan fingerprint density at radius 1 is 1.40 bits per heavy atom. The molecule has 1 aromatic rings. The van der Waals surface area contributed by atoms with Crippen LogP contribution in [-0.4, -0.2) is 11.1 Å². The summed E-state index contributed by atoms with van der Waals surface area (Å²) >= 11 is 0. The molecular weight excluding hydrogens is 188 g/mol. The van der Waals surface area contributed by atoms with Crippen LogP contribution in [0, 0.1) is 12.8 Å². The maximum atomic E-state index is 11.1. The SMILES string of the molecule is Cc1cccc(CCC(C)C)c1C(=O)O. The van der Waals surface area contributed by atoms with E-state index < -0.39 is 5.97 Å². The fraction of sp³-hybridized carbons (Fsp3) is 0.462. The molecule has 1 N–H and O–H groups in total. The molecule has 0 bridgehead atoms. The number of carboxylic acid groups (broad SMARTS) is 1. The lowest BCUT2D eigenvalue weighted by Gasteiger charge is -2.10. The van der Waals surface area contributed by atoms with E-state index in [1.165, 1.54) is 0 Å². The van der Waals surface area contributed by atoms with Crippen molar-refractivity contribution in [1.82, 2.24) is 0 Å². The second kappa shape index (κ2) is 4.96. The van der Waals surface area contributed by atoms with E-state index in [9.17, 15) is 4.79 Å². The molecule has 0 atom stereocenters. The standard InChI is InChI=1S/C13H18O2/c1-9(2)7-8-11-6-4-5-10(3)12(11)13(14)15/h4-6,9H,7-8H2,1-3H3,(H,14,15). The van der Waals surface area contributed by atoms with Gasteiger partial charge in [-0.3, -0.25) is 0 Å². The highest BCUT2D eigenvalue weighted by atomic mass is 16.4. The van der Waals surface area contributed by atoms with Gasteiger partial charge in [0.15, 0.2) is 0 Å². The second-order valence-corrected chi connectivity index (χ2v) is 4.35. The molecule has 0 aliphatic carbocycles. The summed E-state index contributed by atoms with van der Waals surface area (Å²) in [5, 5.41) is 9.11. The number of aromatic carboxylic acids is 1. The summed E-state index contributed by atoms with van der Waals surface area (Å²) in [5.74, 6) is -0.209. The highest BCUT2D eigenvalue weighted by Crippen LogP contribution is 2.17. The number of benzene rings is 1. The number of carbonyl (C=O) groups is 1. The largest absolute Gasteiger partial charge is 0.478 e. The molecule has 0 saturated heterocycles. The fourth-order valence-corrected chi connectivity index (χ4v) is 1.69. The van der Waals surface area contributed by atoms with Gasteiger partial charge in [-0.1, -0.05) is 32.0 Å². The van der Waals surface area contributed by atoms with Crippen molar-refractivity contribution in [2.45, 2.75) is 33.6 Å². The van der Waals surface area contributed by atoms with Crippen molar-refractivity contribution >= 4 is 5.97 Å². The van der Waals surface area contributed by atoms with Crippen molar-refractivity contribution in [2.75, 3.05) is 0 Å². The summed E-state index contributed by atoms with van der Waals surface area (Å²) in [7, 11) is 0. The summed E-state index contributed by atoms with van der Waals surface area (Å²) in [6.07, 6.45) is 1.88. The predicted octanol–water partition coefficient (Wildman–Crippen LogP) is 3.28. The van der Waals surface area contributed by atoms with E-state index in [1.54, 1.807) is 0 Å². The molecule has 0 saturated carbocycles. The fourth-order valence-electron chi connectivity index (χ4n) is 1.69. The molecule has 0 aliphatic rings. The lowest BCUT2D eigenvalue weighted by atomic mass is 9.95. The van der Waals surface area contributed by atoms with Crippen LogP contribution in [0.3, 0.4) is 0 Å². The molecule has 1 rings (SSSR count). The van der Waals surface area contributed by atoms with Crippen molar-refractivity contribution in [3.05, 3.63) is 34.9 Å². The monoisotopic (exact) mass is 206 g/mol. The van der Waals surface area contributed by atoms with Crippen LogP contribution in [0.1, 0.15) is 41.8 Å². The summed E-state index contributed by atoms with van der Waals surface area (Å²) in [6, 6.07) is 5.69. The van der Waals surface area contributed by atoms with Crippen LogP contribution in [0.2, 0.25) is 0 Å². The van der Waals surface area contributed by atoms with Crippen LogP contribution in [-0.2, 0) is 6.42 Å². The topological polar surface area (TPSA) is 37.3 Å². The average Bonchev–Trinajstić information content (AvgIpc) is 2.13. The Balaban J connectivity index is 2.96. The molecule has 0 unspecified atom stereocenters. The predicted molar refractivity (Wildman–Crippen MR) is 61.3 cm³/mol. The molecular formula is C13H18O2. The average molecular weight is 206 g/mol. The van der Waals surface area contributed by atoms with E-state index in [2.05, 4.69) is 13.8 Å². The number of hydrogen-bond acceptors (Lipinski definition) is 1. The Morgan fingerprint density at radius 2 is 2.07 bits per heavy atom. The molecule has 2 nitrogen and oxygen atoms in total. The zero-order valence-electron chi connectivity index (χ0n) is 9.58. The molecule has 0 amide bonds. The Labute approximate surface area is 90.9 Å². The van der Waals surface area contributed by atoms with Gasteiger partial charge in [0.25, 0.3) is 0 Å². The zero-order valence-corrected chi connectivity index (χ0v) is 9.58. The highest BCUT2D eigenvalue weighted by Gasteiger charge is 2.12. The van der Waals surface area contributed by atoms with Gasteiger partial charge >= 0.3 is 5.97 Å². The van der Waals surface area contributed by atoms with Gasteiger partial charge in [0, 0.05) is 0 Å². The van der Waals surface area contributed by atoms with E-state index in [-0.39, 0.29) is 0 Å². The van der Waals surface area contributed by atoms with E-state index >= 15 is 0 Å². The third kappa shape index (κ3) is 3.08. The number of hydrogen-bond donors (Lipinski definition) is 1. The summed E-state index contributed by atoms with van der Waals surface area (Å²) < 4.78 is 0. The van der Waals surface area contributed by atoms with E-state index in [0.717, 1.165) is 24.0 Å². The maximum Gasteiger partial charge on any atom is 0.336 e. The van der Waals surface area contributed by atoms with Crippen LogP contribution in [0.15, 0.2) is 18.2 Å². The van der Waals surface area contributed by atoms with Crippen LogP contribution in [0.25, 0.3) is 0 Å². The first-order chi connectivity index (χ1) is 7.02. The molecule has 0 aliphatic heterocycles. The van der Waals surface area contributed by atoms with Gasteiger partial charge in [-0.05, 0) is 36.8 Å². The van der Waals surface area contributed by atoms with Crippen molar-refractivity contribution in [3.63, 3.8) is 0 Å². The number of aryl methyl sites for hydroxylation is 2. The highest BCUT2D eigenvalue weighted by molar-refractivity contribution is 5.91. The third-order valence-electron chi connectivity index (χ3n) is 2.56. The van der Waals surface area contributed by atoms with Gasteiger partial charge in [-0.25, -0.2) is 4.79 Å². The number of rotatable bonds is 4. The molecule has 1 aromatic carbocycles. The van der Waals surface area contributed by atoms with Gasteiger partial charge in [-0.15, -0.1) is 0 Å². The van der Waals surface area contributed by atoms with Crippen molar-refractivity contribution in [3.8, 4) is 0 Å². The van der Waals surface area contributed by atoms with Crippen LogP contribution < -0.4 is 0 Å². The molecule has 0 heterocycles. The van der Waals surface area contributed by atoms with Crippen molar-refractivity contribution in [1.29, 1.82) is 0 Å².